The van der Waals surface area contributed by atoms with E-state index in [0.29, 0.717) is 11.1 Å². The second kappa shape index (κ2) is 6.98. The van der Waals surface area contributed by atoms with E-state index in [1.54, 1.807) is 66.7 Å². The van der Waals surface area contributed by atoms with Crippen molar-refractivity contribution in [2.45, 2.75) is 6.10 Å². The third-order valence-electron chi connectivity index (χ3n) is 3.67. The molecule has 3 N–H and O–H groups in total. The Kier molecular flexibility index (Phi) is 4.59. The second-order valence-electron chi connectivity index (χ2n) is 5.43. The van der Waals surface area contributed by atoms with Gasteiger partial charge < -0.3 is 15.5 Å². The fourth-order valence-electron chi connectivity index (χ4n) is 2.41. The lowest BCUT2D eigenvalue weighted by Crippen LogP contribution is -2.12. The van der Waals surface area contributed by atoms with Crippen LogP contribution >= 0.6 is 0 Å². The summed E-state index contributed by atoms with van der Waals surface area (Å²) in [7, 11) is 0. The molecule has 0 aliphatic heterocycles. The van der Waals surface area contributed by atoms with Crippen molar-refractivity contribution in [3.8, 4) is 5.75 Å². The molecule has 0 bridgehead atoms. The monoisotopic (exact) mass is 319 g/mol. The molecule has 0 heterocycles. The number of hydrogen-bond acceptors (Lipinski definition) is 4. The molecule has 0 radical (unpaired) electrons. The molecule has 0 aliphatic carbocycles. The van der Waals surface area contributed by atoms with Crippen molar-refractivity contribution in [1.82, 2.24) is 0 Å². The molecule has 0 amide bonds. The van der Waals surface area contributed by atoms with Crippen LogP contribution < -0.4 is 5.32 Å². The smallest absolute Gasteiger partial charge is 0.195 e. The number of hydrogen-bond donors (Lipinski definition) is 3. The molecule has 0 saturated carbocycles. The Labute approximate surface area is 140 Å². The van der Waals surface area contributed by atoms with Crippen LogP contribution in [-0.4, -0.2) is 16.0 Å². The maximum absolute atomic E-state index is 12.3. The Morgan fingerprint density at radius 3 is 2.21 bits per heavy atom. The van der Waals surface area contributed by atoms with E-state index < -0.39 is 6.10 Å². The van der Waals surface area contributed by atoms with Crippen LogP contribution in [0.2, 0.25) is 0 Å². The number of aliphatic hydroxyl groups is 1. The van der Waals surface area contributed by atoms with Gasteiger partial charge in [-0.15, -0.1) is 0 Å². The third-order valence-corrected chi connectivity index (χ3v) is 3.67. The van der Waals surface area contributed by atoms with Gasteiger partial charge in [0.15, 0.2) is 5.78 Å². The van der Waals surface area contributed by atoms with Gasteiger partial charge in [0.1, 0.15) is 11.9 Å². The summed E-state index contributed by atoms with van der Waals surface area (Å²) in [5.74, 6) is -0.148. The van der Waals surface area contributed by atoms with Gasteiger partial charge in [-0.25, -0.2) is 0 Å². The fourth-order valence-corrected chi connectivity index (χ4v) is 2.41. The highest BCUT2D eigenvalue weighted by Crippen LogP contribution is 2.24. The highest BCUT2D eigenvalue weighted by molar-refractivity contribution is 5.99. The summed E-state index contributed by atoms with van der Waals surface area (Å²) in [4.78, 5) is 12.3. The first-order chi connectivity index (χ1) is 11.6. The number of aromatic hydroxyl groups is 1. The first kappa shape index (κ1) is 15.8. The molecule has 120 valence electrons. The van der Waals surface area contributed by atoms with Gasteiger partial charge in [-0.2, -0.15) is 0 Å². The van der Waals surface area contributed by atoms with E-state index in [-0.39, 0.29) is 11.5 Å². The van der Waals surface area contributed by atoms with Crippen molar-refractivity contribution < 1.29 is 15.0 Å². The number of nitrogens with one attached hydrogen (secondary N) is 1. The molecule has 1 unspecified atom stereocenters. The first-order valence-corrected chi connectivity index (χ1v) is 7.57. The van der Waals surface area contributed by atoms with E-state index in [9.17, 15) is 15.0 Å². The Hall–Kier alpha value is -3.11. The molecule has 0 fully saturated rings. The molecule has 4 heteroatoms. The van der Waals surface area contributed by atoms with Crippen molar-refractivity contribution in [3.05, 3.63) is 90.0 Å². The number of anilines is 2. The number of carbonyl (C=O) groups excluding carboxylic acids is 1. The van der Waals surface area contributed by atoms with E-state index in [4.69, 9.17) is 0 Å². The molecule has 0 spiro atoms. The van der Waals surface area contributed by atoms with Gasteiger partial charge in [-0.05, 0) is 29.8 Å². The van der Waals surface area contributed by atoms with Crippen LogP contribution in [0, 0.1) is 0 Å². The van der Waals surface area contributed by atoms with Gasteiger partial charge in [0.25, 0.3) is 0 Å². The van der Waals surface area contributed by atoms with Crippen molar-refractivity contribution in [2.24, 2.45) is 0 Å². The molecule has 0 saturated heterocycles. The Balaban J connectivity index is 1.73. The minimum Gasteiger partial charge on any atom is -0.508 e. The number of phenols is 1. The topological polar surface area (TPSA) is 69.6 Å². The second-order valence-corrected chi connectivity index (χ2v) is 5.43. The maximum Gasteiger partial charge on any atom is 0.195 e. The van der Waals surface area contributed by atoms with Crippen molar-refractivity contribution in [2.75, 3.05) is 5.32 Å². The van der Waals surface area contributed by atoms with Crippen LogP contribution in [0.15, 0.2) is 78.9 Å². The summed E-state index contributed by atoms with van der Waals surface area (Å²) in [5, 5.41) is 22.9. The summed E-state index contributed by atoms with van der Waals surface area (Å²) in [6.45, 7) is 0. The van der Waals surface area contributed by atoms with Crippen LogP contribution in [0.5, 0.6) is 5.75 Å². The molecule has 0 aliphatic rings. The lowest BCUT2D eigenvalue weighted by atomic mass is 10.00. The number of rotatable bonds is 5. The Morgan fingerprint density at radius 2 is 1.54 bits per heavy atom. The molecule has 24 heavy (non-hydrogen) atoms. The molecule has 4 nitrogen and oxygen atoms in total. The van der Waals surface area contributed by atoms with Crippen LogP contribution in [0.1, 0.15) is 22.0 Å². The normalized spacial score (nSPS) is 11.7. The number of phenolic OH excluding ortho intramolecular Hbond substituents is 1. The third kappa shape index (κ3) is 3.62. The summed E-state index contributed by atoms with van der Waals surface area (Å²) < 4.78 is 0. The van der Waals surface area contributed by atoms with Gasteiger partial charge in [0.05, 0.1) is 0 Å². The van der Waals surface area contributed by atoms with Crippen LogP contribution in [0.25, 0.3) is 0 Å². The number of benzene rings is 3. The average molecular weight is 319 g/mol. The van der Waals surface area contributed by atoms with Gasteiger partial charge in [0, 0.05) is 23.0 Å². The minimum atomic E-state index is -1.19. The number of carbonyl (C=O) groups is 1. The lowest BCUT2D eigenvalue weighted by Gasteiger charge is -2.12. The first-order valence-electron chi connectivity index (χ1n) is 7.57. The van der Waals surface area contributed by atoms with Crippen LogP contribution in [-0.2, 0) is 0 Å². The molecule has 1 atom stereocenters. The zero-order valence-corrected chi connectivity index (χ0v) is 12.9. The molecule has 3 aromatic rings. The van der Waals surface area contributed by atoms with Crippen molar-refractivity contribution >= 4 is 17.2 Å². The molecular formula is C20H17NO3. The van der Waals surface area contributed by atoms with Crippen molar-refractivity contribution in [1.29, 1.82) is 0 Å². The Morgan fingerprint density at radius 1 is 0.833 bits per heavy atom. The SMILES string of the molecule is O=C(c1ccccc1)C(O)c1ccc(Nc2cccc(O)c2)cc1. The molecular weight excluding hydrogens is 302 g/mol. The summed E-state index contributed by atoms with van der Waals surface area (Å²) >= 11 is 0. The lowest BCUT2D eigenvalue weighted by molar-refractivity contribution is 0.0747. The highest BCUT2D eigenvalue weighted by atomic mass is 16.3. The average Bonchev–Trinajstić information content (AvgIpc) is 2.62. The quantitative estimate of drug-likeness (QED) is 0.621. The largest absolute Gasteiger partial charge is 0.508 e. The summed E-state index contributed by atoms with van der Waals surface area (Å²) in [6, 6.07) is 22.5. The minimum absolute atomic E-state index is 0.181. The zero-order chi connectivity index (χ0) is 16.9. The van der Waals surface area contributed by atoms with Gasteiger partial charge in [-0.1, -0.05) is 48.5 Å². The van der Waals surface area contributed by atoms with E-state index in [1.807, 2.05) is 12.1 Å². The van der Waals surface area contributed by atoms with Gasteiger partial charge in [-0.3, -0.25) is 4.79 Å². The van der Waals surface area contributed by atoms with Gasteiger partial charge in [0.2, 0.25) is 0 Å². The zero-order valence-electron chi connectivity index (χ0n) is 12.9. The van der Waals surface area contributed by atoms with E-state index >= 15 is 0 Å². The molecule has 0 aromatic heterocycles. The number of Topliss-reactive ketones (excluding diaryl/α,β-unsaturated/α-hetero) is 1. The van der Waals surface area contributed by atoms with Crippen LogP contribution in [0.3, 0.4) is 0 Å². The van der Waals surface area contributed by atoms with E-state index in [1.165, 1.54) is 0 Å². The molecule has 3 rings (SSSR count). The Bertz CT molecular complexity index is 829. The van der Waals surface area contributed by atoms with Crippen molar-refractivity contribution in [3.63, 3.8) is 0 Å². The predicted molar refractivity (Wildman–Crippen MR) is 93.6 cm³/mol. The van der Waals surface area contributed by atoms with Gasteiger partial charge >= 0.3 is 0 Å². The number of aliphatic hydroxyl groups excluding tert-OH is 1. The summed E-state index contributed by atoms with van der Waals surface area (Å²) in [5.41, 5.74) is 2.56. The molecule has 3 aromatic carbocycles. The fraction of sp³-hybridized carbons (Fsp3) is 0.0500. The van der Waals surface area contributed by atoms with Crippen LogP contribution in [0.4, 0.5) is 11.4 Å². The summed E-state index contributed by atoms with van der Waals surface area (Å²) in [6.07, 6.45) is -1.19. The highest BCUT2D eigenvalue weighted by Gasteiger charge is 2.18. The maximum atomic E-state index is 12.3. The predicted octanol–water partition coefficient (Wildman–Crippen LogP) is 4.05. The number of ketones is 1. The van der Waals surface area contributed by atoms with E-state index in [2.05, 4.69) is 5.32 Å². The standard InChI is InChI=1S/C20H17NO3/c22-18-8-4-7-17(13-18)21-16-11-9-15(10-12-16)20(24)19(23)14-5-2-1-3-6-14/h1-13,20-22,24H. The van der Waals surface area contributed by atoms with E-state index in [0.717, 1.165) is 11.4 Å².